The van der Waals surface area contributed by atoms with E-state index in [-0.39, 0.29) is 4.90 Å². The molecule has 0 fully saturated rings. The minimum atomic E-state index is -3.22. The zero-order valence-electron chi connectivity index (χ0n) is 12.6. The number of benzene rings is 2. The van der Waals surface area contributed by atoms with E-state index in [2.05, 4.69) is 10.1 Å². The minimum absolute atomic E-state index is 0.274. The number of hydrogen-bond donors (Lipinski definition) is 0. The van der Waals surface area contributed by atoms with Crippen molar-refractivity contribution in [3.05, 3.63) is 59.4 Å². The molecule has 0 aliphatic heterocycles. The van der Waals surface area contributed by atoms with E-state index in [0.29, 0.717) is 16.7 Å². The zero-order valence-corrected chi connectivity index (χ0v) is 14.1. The molecule has 0 unspecified atom stereocenters. The van der Waals surface area contributed by atoms with Gasteiger partial charge in [0.25, 0.3) is 0 Å². The van der Waals surface area contributed by atoms with Gasteiger partial charge in [-0.05, 0) is 55.5 Å². The number of rotatable bonds is 3. The Hall–Kier alpha value is -2.18. The molecule has 23 heavy (non-hydrogen) atoms. The van der Waals surface area contributed by atoms with Crippen LogP contribution in [0.3, 0.4) is 0 Å². The van der Waals surface area contributed by atoms with Crippen molar-refractivity contribution >= 4 is 21.4 Å². The molecule has 0 amide bonds. The maximum atomic E-state index is 11.6. The Balaban J connectivity index is 2.09. The first-order chi connectivity index (χ1) is 10.8. The van der Waals surface area contributed by atoms with E-state index in [0.717, 1.165) is 11.3 Å². The molecule has 0 bridgehead atoms. The van der Waals surface area contributed by atoms with Crippen LogP contribution in [0.1, 0.15) is 5.82 Å². The van der Waals surface area contributed by atoms with Crippen molar-refractivity contribution in [3.8, 4) is 17.1 Å². The molecule has 0 saturated carbocycles. The predicted octanol–water partition coefficient (Wildman–Crippen LogP) is 3.30. The third-order valence-corrected chi connectivity index (χ3v) is 4.71. The molecule has 0 saturated heterocycles. The number of hydrogen-bond acceptors (Lipinski definition) is 4. The molecule has 7 heteroatoms. The van der Waals surface area contributed by atoms with E-state index >= 15 is 0 Å². The van der Waals surface area contributed by atoms with Crippen molar-refractivity contribution in [2.75, 3.05) is 6.26 Å². The van der Waals surface area contributed by atoms with Gasteiger partial charge in [-0.3, -0.25) is 0 Å². The summed E-state index contributed by atoms with van der Waals surface area (Å²) in [6.45, 7) is 1.81. The van der Waals surface area contributed by atoms with Crippen LogP contribution in [0.2, 0.25) is 5.02 Å². The van der Waals surface area contributed by atoms with E-state index in [1.54, 1.807) is 48.0 Å². The maximum absolute atomic E-state index is 11.6. The molecular formula is C16H14ClN3O2S. The van der Waals surface area contributed by atoms with Crippen LogP contribution in [0.15, 0.2) is 53.4 Å². The van der Waals surface area contributed by atoms with Gasteiger partial charge >= 0.3 is 0 Å². The van der Waals surface area contributed by atoms with Crippen molar-refractivity contribution in [2.45, 2.75) is 11.8 Å². The average molecular weight is 348 g/mol. The Morgan fingerprint density at radius 1 is 1.00 bits per heavy atom. The lowest BCUT2D eigenvalue weighted by atomic mass is 10.2. The van der Waals surface area contributed by atoms with Crippen molar-refractivity contribution in [2.24, 2.45) is 0 Å². The molecule has 0 aliphatic carbocycles. The van der Waals surface area contributed by atoms with Gasteiger partial charge in [0.2, 0.25) is 0 Å². The lowest BCUT2D eigenvalue weighted by Crippen LogP contribution is -2.00. The number of sulfone groups is 1. The topological polar surface area (TPSA) is 64.8 Å². The van der Waals surface area contributed by atoms with Gasteiger partial charge < -0.3 is 0 Å². The third-order valence-electron chi connectivity index (χ3n) is 3.32. The van der Waals surface area contributed by atoms with Gasteiger partial charge in [0.15, 0.2) is 15.7 Å². The lowest BCUT2D eigenvalue weighted by molar-refractivity contribution is 0.602. The molecule has 2 aromatic carbocycles. The van der Waals surface area contributed by atoms with Gasteiger partial charge in [-0.25, -0.2) is 18.1 Å². The van der Waals surface area contributed by atoms with Crippen LogP contribution >= 0.6 is 11.6 Å². The van der Waals surface area contributed by atoms with Crippen LogP contribution in [0.25, 0.3) is 17.1 Å². The van der Waals surface area contributed by atoms with Gasteiger partial charge in [0.05, 0.1) is 10.6 Å². The van der Waals surface area contributed by atoms with Crippen molar-refractivity contribution in [1.82, 2.24) is 14.8 Å². The molecule has 0 N–H and O–H groups in total. The largest absolute Gasteiger partial charge is 0.224 e. The Bertz CT molecular complexity index is 946. The normalized spacial score (nSPS) is 11.6. The summed E-state index contributed by atoms with van der Waals surface area (Å²) < 4.78 is 24.8. The number of aromatic nitrogens is 3. The molecule has 3 aromatic rings. The van der Waals surface area contributed by atoms with Crippen LogP contribution in [-0.2, 0) is 9.84 Å². The highest BCUT2D eigenvalue weighted by Gasteiger charge is 2.13. The van der Waals surface area contributed by atoms with Gasteiger partial charge in [0.1, 0.15) is 5.82 Å². The van der Waals surface area contributed by atoms with Gasteiger partial charge in [-0.2, -0.15) is 5.10 Å². The van der Waals surface area contributed by atoms with Gasteiger partial charge in [-0.15, -0.1) is 0 Å². The molecule has 0 spiro atoms. The number of halogens is 1. The molecule has 0 radical (unpaired) electrons. The summed E-state index contributed by atoms with van der Waals surface area (Å²) in [6, 6.07) is 13.9. The summed E-state index contributed by atoms with van der Waals surface area (Å²) in [7, 11) is -3.22. The summed E-state index contributed by atoms with van der Waals surface area (Å²) in [5.41, 5.74) is 1.62. The van der Waals surface area contributed by atoms with Gasteiger partial charge in [-0.1, -0.05) is 11.6 Å². The average Bonchev–Trinajstić information content (AvgIpc) is 2.89. The van der Waals surface area contributed by atoms with Gasteiger partial charge in [0, 0.05) is 16.8 Å². The first kappa shape index (κ1) is 15.7. The van der Waals surface area contributed by atoms with E-state index in [1.807, 2.05) is 12.1 Å². The van der Waals surface area contributed by atoms with E-state index < -0.39 is 9.84 Å². The molecule has 1 heterocycles. The van der Waals surface area contributed by atoms with E-state index in [1.165, 1.54) is 6.26 Å². The molecule has 3 rings (SSSR count). The first-order valence-electron chi connectivity index (χ1n) is 6.85. The molecule has 1 aromatic heterocycles. The summed E-state index contributed by atoms with van der Waals surface area (Å²) >= 11 is 5.92. The Labute approximate surface area is 139 Å². The highest BCUT2D eigenvalue weighted by atomic mass is 35.5. The Kier molecular flexibility index (Phi) is 3.95. The van der Waals surface area contributed by atoms with Crippen LogP contribution in [0, 0.1) is 6.92 Å². The number of nitrogens with zero attached hydrogens (tertiary/aromatic N) is 3. The third kappa shape index (κ3) is 3.28. The highest BCUT2D eigenvalue weighted by Crippen LogP contribution is 2.23. The standard InChI is InChI=1S/C16H14ClN3O2S/c1-11-18-16(12-3-9-15(10-4-12)23(2,21)22)20(19-11)14-7-5-13(17)6-8-14/h3-10H,1-2H3. The molecule has 5 nitrogen and oxygen atoms in total. The second-order valence-corrected chi connectivity index (χ2v) is 7.62. The molecular weight excluding hydrogens is 334 g/mol. The predicted molar refractivity (Wildman–Crippen MR) is 89.7 cm³/mol. The fourth-order valence-electron chi connectivity index (χ4n) is 2.22. The maximum Gasteiger partial charge on any atom is 0.175 e. The van der Waals surface area contributed by atoms with Crippen molar-refractivity contribution in [1.29, 1.82) is 0 Å². The SMILES string of the molecule is Cc1nc(-c2ccc(S(C)(=O)=O)cc2)n(-c2ccc(Cl)cc2)n1. The molecule has 118 valence electrons. The van der Waals surface area contributed by atoms with E-state index in [4.69, 9.17) is 11.6 Å². The summed E-state index contributed by atoms with van der Waals surface area (Å²) in [6.07, 6.45) is 1.18. The summed E-state index contributed by atoms with van der Waals surface area (Å²) in [4.78, 5) is 4.71. The minimum Gasteiger partial charge on any atom is -0.224 e. The zero-order chi connectivity index (χ0) is 16.6. The quantitative estimate of drug-likeness (QED) is 0.729. The fourth-order valence-corrected chi connectivity index (χ4v) is 2.97. The first-order valence-corrected chi connectivity index (χ1v) is 9.11. The Morgan fingerprint density at radius 3 is 2.17 bits per heavy atom. The monoisotopic (exact) mass is 347 g/mol. The van der Waals surface area contributed by atoms with Crippen LogP contribution in [0.4, 0.5) is 0 Å². The second kappa shape index (κ2) is 5.79. The molecule has 0 aliphatic rings. The smallest absolute Gasteiger partial charge is 0.175 e. The summed E-state index contributed by atoms with van der Waals surface area (Å²) in [5, 5.41) is 5.05. The number of aryl methyl sites for hydroxylation is 1. The van der Waals surface area contributed by atoms with Crippen LogP contribution < -0.4 is 0 Å². The lowest BCUT2D eigenvalue weighted by Gasteiger charge is -2.07. The van der Waals surface area contributed by atoms with Crippen LogP contribution in [-0.4, -0.2) is 29.4 Å². The summed E-state index contributed by atoms with van der Waals surface area (Å²) in [5.74, 6) is 1.27. The highest BCUT2D eigenvalue weighted by molar-refractivity contribution is 7.90. The van der Waals surface area contributed by atoms with Crippen LogP contribution in [0.5, 0.6) is 0 Å². The van der Waals surface area contributed by atoms with Crippen molar-refractivity contribution < 1.29 is 8.42 Å². The molecule has 0 atom stereocenters. The fraction of sp³-hybridized carbons (Fsp3) is 0.125. The van der Waals surface area contributed by atoms with Crippen molar-refractivity contribution in [3.63, 3.8) is 0 Å². The Morgan fingerprint density at radius 2 is 1.61 bits per heavy atom. The van der Waals surface area contributed by atoms with E-state index in [9.17, 15) is 8.42 Å². The second-order valence-electron chi connectivity index (χ2n) is 5.17.